The van der Waals surface area contributed by atoms with E-state index >= 15 is 0 Å². The summed E-state index contributed by atoms with van der Waals surface area (Å²) in [6.45, 7) is 2.09. The summed E-state index contributed by atoms with van der Waals surface area (Å²) in [4.78, 5) is 15.8. The van der Waals surface area contributed by atoms with E-state index in [-0.39, 0.29) is 11.4 Å². The van der Waals surface area contributed by atoms with Crippen molar-refractivity contribution >= 4 is 5.97 Å². The van der Waals surface area contributed by atoms with Gasteiger partial charge in [-0.15, -0.1) is 5.10 Å². The number of carbonyl (C=O) groups is 1. The number of methoxy groups -OCH3 is 1. The molecule has 0 saturated heterocycles. The average molecular weight is 253 g/mol. The maximum absolute atomic E-state index is 11.5. The van der Waals surface area contributed by atoms with Crippen LogP contribution in [0.4, 0.5) is 0 Å². The van der Waals surface area contributed by atoms with E-state index in [1.807, 2.05) is 0 Å². The molecular weight excluding hydrogens is 234 g/mol. The van der Waals surface area contributed by atoms with E-state index in [4.69, 9.17) is 9.47 Å². The number of hydrogen-bond acceptors (Lipinski definition) is 5. The molecule has 0 N–H and O–H groups in total. The lowest BCUT2D eigenvalue weighted by Gasteiger charge is -2.40. The highest BCUT2D eigenvalue weighted by Crippen LogP contribution is 2.37. The lowest BCUT2D eigenvalue weighted by atomic mass is 9.77. The normalized spacial score (nSPS) is 17.3. The predicted molar refractivity (Wildman–Crippen MR) is 64.3 cm³/mol. The van der Waals surface area contributed by atoms with Crippen LogP contribution in [0.15, 0.2) is 0 Å². The van der Waals surface area contributed by atoms with Crippen LogP contribution in [-0.4, -0.2) is 40.1 Å². The fourth-order valence-electron chi connectivity index (χ4n) is 2.17. The van der Waals surface area contributed by atoms with Crippen molar-refractivity contribution in [3.8, 4) is 0 Å². The van der Waals surface area contributed by atoms with Gasteiger partial charge in [-0.05, 0) is 26.2 Å². The number of aromatic nitrogens is 3. The van der Waals surface area contributed by atoms with Crippen LogP contribution in [0.3, 0.4) is 0 Å². The average Bonchev–Trinajstić information content (AvgIpc) is 2.66. The molecule has 0 aliphatic heterocycles. The molecule has 1 aromatic rings. The third-order valence-electron chi connectivity index (χ3n) is 3.49. The second-order valence-corrected chi connectivity index (χ2v) is 4.61. The molecule has 6 nitrogen and oxygen atoms in total. The summed E-state index contributed by atoms with van der Waals surface area (Å²) >= 11 is 0. The van der Waals surface area contributed by atoms with Gasteiger partial charge in [-0.1, -0.05) is 0 Å². The highest BCUT2D eigenvalue weighted by Gasteiger charge is 2.38. The molecule has 0 amide bonds. The molecule has 1 aromatic heterocycles. The smallest absolute Gasteiger partial charge is 0.378 e. The fraction of sp³-hybridized carbons (Fsp3) is 0.750. The minimum atomic E-state index is -0.473. The van der Waals surface area contributed by atoms with Gasteiger partial charge in [0.1, 0.15) is 5.82 Å². The Labute approximate surface area is 106 Å². The highest BCUT2D eigenvalue weighted by molar-refractivity contribution is 5.84. The monoisotopic (exact) mass is 253 g/mol. The molecule has 0 aromatic carbocycles. The number of aryl methyl sites for hydroxylation is 1. The van der Waals surface area contributed by atoms with Crippen molar-refractivity contribution < 1.29 is 14.3 Å². The molecule has 1 aliphatic carbocycles. The second-order valence-electron chi connectivity index (χ2n) is 4.61. The Morgan fingerprint density at radius 2 is 2.22 bits per heavy atom. The molecule has 1 aliphatic rings. The van der Waals surface area contributed by atoms with Gasteiger partial charge in [0.15, 0.2) is 0 Å². The summed E-state index contributed by atoms with van der Waals surface area (Å²) in [7, 11) is 3.51. The first kappa shape index (κ1) is 13.0. The zero-order valence-electron chi connectivity index (χ0n) is 11.1. The third-order valence-corrected chi connectivity index (χ3v) is 3.49. The first-order valence-corrected chi connectivity index (χ1v) is 6.22. The lowest BCUT2D eigenvalue weighted by molar-refractivity contribution is -0.0726. The Morgan fingerprint density at radius 1 is 1.50 bits per heavy atom. The van der Waals surface area contributed by atoms with Gasteiger partial charge in [0.25, 0.3) is 5.82 Å². The number of nitrogens with zero attached hydrogens (tertiary/aromatic N) is 3. The van der Waals surface area contributed by atoms with E-state index in [0.717, 1.165) is 18.7 Å². The zero-order valence-corrected chi connectivity index (χ0v) is 11.1. The minimum Gasteiger partial charge on any atom is -0.460 e. The van der Waals surface area contributed by atoms with Crippen LogP contribution in [-0.2, 0) is 22.9 Å². The summed E-state index contributed by atoms with van der Waals surface area (Å²) < 4.78 is 12.1. The van der Waals surface area contributed by atoms with Gasteiger partial charge < -0.3 is 9.47 Å². The summed E-state index contributed by atoms with van der Waals surface area (Å²) in [6.07, 6.45) is 3.93. The van der Waals surface area contributed by atoms with E-state index in [1.54, 1.807) is 25.8 Å². The molecule has 0 spiro atoms. The summed E-state index contributed by atoms with van der Waals surface area (Å²) in [5.74, 6) is 0.416. The van der Waals surface area contributed by atoms with E-state index in [1.165, 1.54) is 6.42 Å². The molecule has 1 saturated carbocycles. The summed E-state index contributed by atoms with van der Waals surface area (Å²) in [5.41, 5.74) is -0.118. The van der Waals surface area contributed by atoms with Crippen molar-refractivity contribution in [2.75, 3.05) is 13.7 Å². The van der Waals surface area contributed by atoms with Gasteiger partial charge >= 0.3 is 5.97 Å². The van der Waals surface area contributed by atoms with Crippen LogP contribution >= 0.6 is 0 Å². The minimum absolute atomic E-state index is 0.118. The maximum Gasteiger partial charge on any atom is 0.378 e. The van der Waals surface area contributed by atoms with Gasteiger partial charge in [0, 0.05) is 20.6 Å². The maximum atomic E-state index is 11.5. The van der Waals surface area contributed by atoms with E-state index in [0.29, 0.717) is 13.0 Å². The van der Waals surface area contributed by atoms with Crippen molar-refractivity contribution in [3.63, 3.8) is 0 Å². The van der Waals surface area contributed by atoms with Gasteiger partial charge in [0.2, 0.25) is 0 Å². The predicted octanol–water partition coefficient (Wildman–Crippen LogP) is 1.10. The van der Waals surface area contributed by atoms with Gasteiger partial charge in [-0.25, -0.2) is 9.78 Å². The Bertz CT molecular complexity index is 432. The molecule has 100 valence electrons. The highest BCUT2D eigenvalue weighted by atomic mass is 16.5. The molecule has 18 heavy (non-hydrogen) atoms. The number of ether oxygens (including phenoxy) is 2. The Hall–Kier alpha value is -1.43. The van der Waals surface area contributed by atoms with E-state index < -0.39 is 5.97 Å². The van der Waals surface area contributed by atoms with Crippen molar-refractivity contribution in [2.45, 2.75) is 38.2 Å². The largest absolute Gasteiger partial charge is 0.460 e. The van der Waals surface area contributed by atoms with Crippen molar-refractivity contribution in [1.82, 2.24) is 14.8 Å². The van der Waals surface area contributed by atoms with Crippen LogP contribution in [0.2, 0.25) is 0 Å². The number of hydrogen-bond donors (Lipinski definition) is 0. The fourth-order valence-corrected chi connectivity index (χ4v) is 2.17. The topological polar surface area (TPSA) is 66.2 Å². The molecule has 1 fully saturated rings. The van der Waals surface area contributed by atoms with Gasteiger partial charge in [0.05, 0.1) is 12.2 Å². The zero-order chi connectivity index (χ0) is 13.2. The van der Waals surface area contributed by atoms with Crippen molar-refractivity contribution in [3.05, 3.63) is 11.6 Å². The second kappa shape index (κ2) is 5.06. The molecule has 0 bridgehead atoms. The first-order valence-electron chi connectivity index (χ1n) is 6.22. The van der Waals surface area contributed by atoms with Gasteiger partial charge in [-0.3, -0.25) is 4.68 Å². The van der Waals surface area contributed by atoms with Crippen LogP contribution in [0.5, 0.6) is 0 Å². The quantitative estimate of drug-likeness (QED) is 0.735. The molecular formula is C12H19N3O3. The number of carbonyl (C=O) groups excluding carboxylic acids is 1. The van der Waals surface area contributed by atoms with Crippen LogP contribution in [0, 0.1) is 0 Å². The molecule has 1 heterocycles. The third kappa shape index (κ3) is 2.38. The Morgan fingerprint density at radius 3 is 2.72 bits per heavy atom. The summed E-state index contributed by atoms with van der Waals surface area (Å²) in [6, 6.07) is 0. The molecule has 2 rings (SSSR count). The molecule has 0 radical (unpaired) electrons. The summed E-state index contributed by atoms with van der Waals surface area (Å²) in [5, 5.41) is 4.08. The molecule has 0 unspecified atom stereocenters. The molecule has 0 atom stereocenters. The number of esters is 1. The number of rotatable bonds is 5. The van der Waals surface area contributed by atoms with E-state index in [9.17, 15) is 4.79 Å². The standard InChI is InChI=1S/C12H19N3O3/c1-4-18-11(16)10-13-9(15(2)14-10)8-12(17-3)6-5-7-12/h4-8H2,1-3H3. The van der Waals surface area contributed by atoms with Crippen LogP contribution < -0.4 is 0 Å². The lowest BCUT2D eigenvalue weighted by Crippen LogP contribution is -2.42. The SMILES string of the molecule is CCOC(=O)c1nc(CC2(OC)CCC2)n(C)n1. The van der Waals surface area contributed by atoms with E-state index in [2.05, 4.69) is 10.1 Å². The Balaban J connectivity index is 2.11. The van der Waals surface area contributed by atoms with Crippen LogP contribution in [0.25, 0.3) is 0 Å². The molecule has 6 heteroatoms. The van der Waals surface area contributed by atoms with Crippen molar-refractivity contribution in [1.29, 1.82) is 0 Å². The van der Waals surface area contributed by atoms with Crippen molar-refractivity contribution in [2.24, 2.45) is 7.05 Å². The first-order chi connectivity index (χ1) is 8.60. The van der Waals surface area contributed by atoms with Gasteiger partial charge in [-0.2, -0.15) is 0 Å². The van der Waals surface area contributed by atoms with Crippen LogP contribution in [0.1, 0.15) is 42.6 Å². The Kier molecular flexibility index (Phi) is 3.65.